The van der Waals surface area contributed by atoms with Gasteiger partial charge in [-0.2, -0.15) is 0 Å². The third kappa shape index (κ3) is 7.73. The van der Waals surface area contributed by atoms with Crippen LogP contribution in [0.5, 0.6) is 0 Å². The Morgan fingerprint density at radius 1 is 1.00 bits per heavy atom. The summed E-state index contributed by atoms with van der Waals surface area (Å²) in [6.45, 7) is 7.32. The number of benzene rings is 2. The van der Waals surface area contributed by atoms with Gasteiger partial charge in [0.05, 0.1) is 10.5 Å². The predicted octanol–water partition coefficient (Wildman–Crippen LogP) is 5.78. The van der Waals surface area contributed by atoms with Gasteiger partial charge >= 0.3 is 12.1 Å². The number of aliphatic carboxylic acids is 1. The lowest BCUT2D eigenvalue weighted by molar-refractivity contribution is -0.145. The smallest absolute Gasteiger partial charge is 0.408 e. The van der Waals surface area contributed by atoms with Crippen LogP contribution >= 0.6 is 23.2 Å². The SMILES string of the molecule is CCC(C)C(NC(=O)[C@]1(NC(=O)C(NC(=O)OCc2ccccc2)C(C)CC)CCc2[nH]c3c(Cl)cc(Cl)cc3c2C1)C(=O)O. The summed E-state index contributed by atoms with van der Waals surface area (Å²) >= 11 is 12.8. The van der Waals surface area contributed by atoms with E-state index in [4.69, 9.17) is 27.9 Å². The van der Waals surface area contributed by atoms with Crippen molar-refractivity contribution in [2.45, 2.75) is 84.0 Å². The van der Waals surface area contributed by atoms with Crippen molar-refractivity contribution >= 4 is 58.0 Å². The van der Waals surface area contributed by atoms with Crippen molar-refractivity contribution in [3.05, 3.63) is 69.3 Å². The fourth-order valence-corrected chi connectivity index (χ4v) is 6.24. The van der Waals surface area contributed by atoms with E-state index in [2.05, 4.69) is 20.9 Å². The molecule has 0 fully saturated rings. The van der Waals surface area contributed by atoms with Gasteiger partial charge in [-0.1, -0.05) is 94.1 Å². The molecule has 10 nitrogen and oxygen atoms in total. The lowest BCUT2D eigenvalue weighted by Crippen LogP contribution is -2.66. The molecule has 242 valence electrons. The minimum absolute atomic E-state index is 0.0223. The second-order valence-electron chi connectivity index (χ2n) is 11.9. The Labute approximate surface area is 272 Å². The number of aryl methyl sites for hydroxylation is 1. The normalized spacial score (nSPS) is 18.6. The number of alkyl carbamates (subject to hydrolysis) is 1. The molecule has 0 saturated carbocycles. The van der Waals surface area contributed by atoms with Crippen molar-refractivity contribution in [1.29, 1.82) is 0 Å². The number of aromatic amines is 1. The Bertz CT molecular complexity index is 1560. The molecule has 0 bridgehead atoms. The number of halogens is 2. The Kier molecular flexibility index (Phi) is 11.0. The first-order valence-corrected chi connectivity index (χ1v) is 16.0. The van der Waals surface area contributed by atoms with E-state index in [1.165, 1.54) is 0 Å². The fraction of sp³-hybridized carbons (Fsp3) is 0.455. The van der Waals surface area contributed by atoms with Gasteiger partial charge in [-0.3, -0.25) is 9.59 Å². The first kappa shape index (κ1) is 34.1. The van der Waals surface area contributed by atoms with Crippen LogP contribution in [-0.2, 0) is 38.6 Å². The topological polar surface area (TPSA) is 150 Å². The van der Waals surface area contributed by atoms with Gasteiger partial charge in [0, 0.05) is 22.5 Å². The number of hydrogen-bond acceptors (Lipinski definition) is 5. The van der Waals surface area contributed by atoms with Crippen LogP contribution < -0.4 is 16.0 Å². The molecule has 12 heteroatoms. The summed E-state index contributed by atoms with van der Waals surface area (Å²) in [5.41, 5.74) is 1.53. The molecule has 0 aliphatic heterocycles. The zero-order chi connectivity index (χ0) is 32.9. The van der Waals surface area contributed by atoms with Gasteiger partial charge in [-0.15, -0.1) is 0 Å². The van der Waals surface area contributed by atoms with Gasteiger partial charge in [-0.25, -0.2) is 9.59 Å². The molecule has 4 rings (SSSR count). The van der Waals surface area contributed by atoms with Crippen molar-refractivity contribution in [2.75, 3.05) is 0 Å². The minimum atomic E-state index is -1.53. The number of carbonyl (C=O) groups excluding carboxylic acids is 3. The number of nitrogens with one attached hydrogen (secondary N) is 4. The third-order valence-electron chi connectivity index (χ3n) is 8.84. The van der Waals surface area contributed by atoms with E-state index in [1.807, 2.05) is 51.1 Å². The molecule has 1 aliphatic rings. The van der Waals surface area contributed by atoms with Crippen molar-refractivity contribution in [3.63, 3.8) is 0 Å². The number of fused-ring (bicyclic) bond motifs is 3. The van der Waals surface area contributed by atoms with Crippen LogP contribution in [0.25, 0.3) is 10.9 Å². The van der Waals surface area contributed by atoms with Gasteiger partial charge in [0.15, 0.2) is 0 Å². The highest BCUT2D eigenvalue weighted by Crippen LogP contribution is 2.38. The molecule has 0 spiro atoms. The summed E-state index contributed by atoms with van der Waals surface area (Å²) in [5, 5.41) is 19.8. The van der Waals surface area contributed by atoms with Gasteiger partial charge in [0.25, 0.3) is 0 Å². The van der Waals surface area contributed by atoms with Crippen molar-refractivity contribution < 1.29 is 29.0 Å². The molecular weight excluding hydrogens is 619 g/mol. The van der Waals surface area contributed by atoms with E-state index >= 15 is 0 Å². The van der Waals surface area contributed by atoms with Gasteiger partial charge in [-0.05, 0) is 47.9 Å². The summed E-state index contributed by atoms with van der Waals surface area (Å²) in [4.78, 5) is 56.6. The predicted molar refractivity (Wildman–Crippen MR) is 173 cm³/mol. The summed E-state index contributed by atoms with van der Waals surface area (Å²) < 4.78 is 5.39. The number of carboxylic acids is 1. The van der Waals surface area contributed by atoms with Crippen LogP contribution in [0.3, 0.4) is 0 Å². The summed E-state index contributed by atoms with van der Waals surface area (Å²) in [6, 6.07) is 10.3. The van der Waals surface area contributed by atoms with E-state index in [0.29, 0.717) is 40.2 Å². The van der Waals surface area contributed by atoms with Gasteiger partial charge in [0.1, 0.15) is 24.2 Å². The monoisotopic (exact) mass is 658 g/mol. The van der Waals surface area contributed by atoms with Gasteiger partial charge in [0.2, 0.25) is 11.8 Å². The molecule has 0 saturated heterocycles. The standard InChI is InChI=1S/C33H40Cl2N4O6/c1-5-18(3)26(38-32(44)45-17-20-10-8-7-9-11-20)29(40)39-33(31(43)37-27(30(41)42)19(4)6-2)13-12-25-23(16-33)22-14-21(34)15-24(35)28(22)36-25/h7-11,14-15,18-19,26-27,36H,5-6,12-13,16-17H2,1-4H3,(H,37,43)(H,38,44)(H,39,40)(H,41,42)/t18?,19?,26?,27?,33-/m0/s1. The van der Waals surface area contributed by atoms with Crippen molar-refractivity contribution in [2.24, 2.45) is 11.8 Å². The number of ether oxygens (including phenoxy) is 1. The molecule has 4 unspecified atom stereocenters. The summed E-state index contributed by atoms with van der Waals surface area (Å²) in [7, 11) is 0. The molecule has 2 aromatic carbocycles. The average Bonchev–Trinajstić information content (AvgIpc) is 3.38. The highest BCUT2D eigenvalue weighted by Gasteiger charge is 2.47. The number of carboxylic acid groups (broad SMARTS) is 1. The number of rotatable bonds is 12. The van der Waals surface area contributed by atoms with Crippen LogP contribution in [-0.4, -0.2) is 51.6 Å². The average molecular weight is 660 g/mol. The van der Waals surface area contributed by atoms with E-state index in [0.717, 1.165) is 16.8 Å². The molecule has 1 heterocycles. The lowest BCUT2D eigenvalue weighted by Gasteiger charge is -2.39. The largest absolute Gasteiger partial charge is 0.480 e. The lowest BCUT2D eigenvalue weighted by atomic mass is 9.78. The Morgan fingerprint density at radius 2 is 1.67 bits per heavy atom. The summed E-state index contributed by atoms with van der Waals surface area (Å²) in [5.74, 6) is -3.04. The number of H-pyrrole nitrogens is 1. The Hall–Kier alpha value is -3.76. The number of hydrogen-bond donors (Lipinski definition) is 5. The maximum absolute atomic E-state index is 14.2. The van der Waals surface area contributed by atoms with Crippen LogP contribution in [0.15, 0.2) is 42.5 Å². The Balaban J connectivity index is 1.66. The zero-order valence-electron chi connectivity index (χ0n) is 25.8. The van der Waals surface area contributed by atoms with Crippen molar-refractivity contribution in [1.82, 2.24) is 20.9 Å². The molecule has 1 aromatic heterocycles. The third-order valence-corrected chi connectivity index (χ3v) is 9.36. The first-order valence-electron chi connectivity index (χ1n) is 15.2. The second-order valence-corrected chi connectivity index (χ2v) is 12.7. The van der Waals surface area contributed by atoms with Crippen LogP contribution in [0.4, 0.5) is 4.79 Å². The highest BCUT2D eigenvalue weighted by molar-refractivity contribution is 6.38. The van der Waals surface area contributed by atoms with Crippen LogP contribution in [0.2, 0.25) is 10.0 Å². The second kappa shape index (κ2) is 14.6. The maximum atomic E-state index is 14.2. The summed E-state index contributed by atoms with van der Waals surface area (Å²) in [6.07, 6.45) is 0.893. The van der Waals surface area contributed by atoms with E-state index in [9.17, 15) is 24.3 Å². The van der Waals surface area contributed by atoms with Gasteiger partial charge < -0.3 is 30.8 Å². The molecule has 5 N–H and O–H groups in total. The zero-order valence-corrected chi connectivity index (χ0v) is 27.3. The van der Waals surface area contributed by atoms with E-state index < -0.39 is 41.5 Å². The van der Waals surface area contributed by atoms with E-state index in [1.54, 1.807) is 19.1 Å². The Morgan fingerprint density at radius 3 is 2.31 bits per heavy atom. The molecule has 0 radical (unpaired) electrons. The number of aromatic nitrogens is 1. The maximum Gasteiger partial charge on any atom is 0.408 e. The molecule has 45 heavy (non-hydrogen) atoms. The fourth-order valence-electron chi connectivity index (χ4n) is 5.70. The first-order chi connectivity index (χ1) is 21.4. The molecule has 5 atom stereocenters. The van der Waals surface area contributed by atoms with Crippen LogP contribution in [0.1, 0.15) is 63.8 Å². The molecule has 3 amide bonds. The quantitative estimate of drug-likeness (QED) is 0.167. The minimum Gasteiger partial charge on any atom is -0.480 e. The highest BCUT2D eigenvalue weighted by atomic mass is 35.5. The van der Waals surface area contributed by atoms with E-state index in [-0.39, 0.29) is 31.3 Å². The van der Waals surface area contributed by atoms with Crippen LogP contribution in [0, 0.1) is 11.8 Å². The molecule has 3 aromatic rings. The molecular formula is C33H40Cl2N4O6. The molecule has 1 aliphatic carbocycles. The number of carbonyl (C=O) groups is 4. The van der Waals surface area contributed by atoms with Crippen molar-refractivity contribution in [3.8, 4) is 0 Å². The number of amides is 3.